The minimum atomic E-state index is -1.01. The third kappa shape index (κ3) is 5.09. The molecule has 0 spiro atoms. The number of hydrogen-bond donors (Lipinski definition) is 1. The number of carbonyl (C=O) groups is 2. The van der Waals surface area contributed by atoms with E-state index in [1.54, 1.807) is 18.2 Å². The van der Waals surface area contributed by atoms with E-state index >= 15 is 0 Å². The fourth-order valence-corrected chi connectivity index (χ4v) is 2.88. The molecule has 0 saturated carbocycles. The average Bonchev–Trinajstić information content (AvgIpc) is 2.68. The molecule has 1 atom stereocenters. The normalized spacial score (nSPS) is 12.1. The molecule has 142 valence electrons. The molecule has 7 heteroatoms. The Balaban J connectivity index is 1.59. The van der Waals surface area contributed by atoms with Gasteiger partial charge in [-0.2, -0.15) is 0 Å². The molecular weight excluding hydrogens is 399 g/mol. The first-order chi connectivity index (χ1) is 13.4. The summed E-state index contributed by atoms with van der Waals surface area (Å²) in [5, 5.41) is 4.35. The standard InChI is InChI=1S/C21H16Cl2N2O3/c1-13(21(27)25-19-10-7-15(22)12-17(19)23)28-20(26)11-9-16-8-6-14-4-2-3-5-18(14)24-16/h2-13H,1H3,(H,25,27)/b11-9+. The number of ether oxygens (including phenoxy) is 1. The zero-order chi connectivity index (χ0) is 20.1. The Hall–Kier alpha value is -2.89. The summed E-state index contributed by atoms with van der Waals surface area (Å²) in [7, 11) is 0. The summed E-state index contributed by atoms with van der Waals surface area (Å²) in [5.74, 6) is -1.16. The minimum absolute atomic E-state index is 0.293. The fraction of sp³-hybridized carbons (Fsp3) is 0.0952. The topological polar surface area (TPSA) is 68.3 Å². The van der Waals surface area contributed by atoms with E-state index in [2.05, 4.69) is 10.3 Å². The van der Waals surface area contributed by atoms with Crippen LogP contribution in [-0.2, 0) is 14.3 Å². The lowest BCUT2D eigenvalue weighted by Crippen LogP contribution is -2.29. The van der Waals surface area contributed by atoms with Crippen LogP contribution in [0.15, 0.2) is 60.7 Å². The second-order valence-electron chi connectivity index (χ2n) is 5.95. The molecule has 0 radical (unpaired) electrons. The number of hydrogen-bond acceptors (Lipinski definition) is 4. The first kappa shape index (κ1) is 19.9. The molecule has 0 saturated heterocycles. The number of aromatic nitrogens is 1. The van der Waals surface area contributed by atoms with Crippen molar-refractivity contribution in [1.82, 2.24) is 4.98 Å². The number of pyridine rings is 1. The molecule has 5 nitrogen and oxygen atoms in total. The van der Waals surface area contributed by atoms with E-state index in [9.17, 15) is 9.59 Å². The molecule has 1 unspecified atom stereocenters. The molecule has 28 heavy (non-hydrogen) atoms. The molecule has 2 aromatic carbocycles. The Morgan fingerprint density at radius 2 is 1.89 bits per heavy atom. The maximum atomic E-state index is 12.2. The van der Waals surface area contributed by atoms with E-state index in [4.69, 9.17) is 27.9 Å². The van der Waals surface area contributed by atoms with Crippen molar-refractivity contribution in [3.8, 4) is 0 Å². The van der Waals surface area contributed by atoms with Gasteiger partial charge in [-0.3, -0.25) is 4.79 Å². The van der Waals surface area contributed by atoms with Crippen LogP contribution in [0.25, 0.3) is 17.0 Å². The van der Waals surface area contributed by atoms with Gasteiger partial charge in [0.15, 0.2) is 6.10 Å². The largest absolute Gasteiger partial charge is 0.449 e. The van der Waals surface area contributed by atoms with Crippen molar-refractivity contribution in [2.24, 2.45) is 0 Å². The summed E-state index contributed by atoms with van der Waals surface area (Å²) in [5.41, 5.74) is 1.82. The summed E-state index contributed by atoms with van der Waals surface area (Å²) >= 11 is 11.8. The van der Waals surface area contributed by atoms with E-state index in [0.29, 0.717) is 21.4 Å². The van der Waals surface area contributed by atoms with Gasteiger partial charge in [-0.1, -0.05) is 47.5 Å². The second-order valence-corrected chi connectivity index (χ2v) is 6.80. The van der Waals surface area contributed by atoms with Crippen molar-refractivity contribution in [1.29, 1.82) is 0 Å². The van der Waals surface area contributed by atoms with E-state index < -0.39 is 18.0 Å². The molecule has 0 bridgehead atoms. The van der Waals surface area contributed by atoms with E-state index in [1.165, 1.54) is 25.1 Å². The van der Waals surface area contributed by atoms with Crippen molar-refractivity contribution >= 4 is 57.7 Å². The molecule has 0 aliphatic carbocycles. The number of nitrogens with zero attached hydrogens (tertiary/aromatic N) is 1. The maximum absolute atomic E-state index is 12.2. The molecule has 1 aromatic heterocycles. The van der Waals surface area contributed by atoms with Gasteiger partial charge in [-0.05, 0) is 43.3 Å². The number of para-hydroxylation sites is 1. The highest BCUT2D eigenvalue weighted by atomic mass is 35.5. The van der Waals surface area contributed by atoms with Crippen molar-refractivity contribution in [2.45, 2.75) is 13.0 Å². The van der Waals surface area contributed by atoms with Crippen LogP contribution in [0.4, 0.5) is 5.69 Å². The van der Waals surface area contributed by atoms with Crippen LogP contribution in [0, 0.1) is 0 Å². The smallest absolute Gasteiger partial charge is 0.331 e. The van der Waals surface area contributed by atoms with Crippen molar-refractivity contribution in [3.63, 3.8) is 0 Å². The summed E-state index contributed by atoms with van der Waals surface area (Å²) in [6, 6.07) is 16.1. The van der Waals surface area contributed by atoms with Gasteiger partial charge in [0.1, 0.15) is 0 Å². The minimum Gasteiger partial charge on any atom is -0.449 e. The zero-order valence-corrected chi connectivity index (χ0v) is 16.4. The summed E-state index contributed by atoms with van der Waals surface area (Å²) in [4.78, 5) is 28.6. The highest BCUT2D eigenvalue weighted by Crippen LogP contribution is 2.25. The molecule has 3 aromatic rings. The zero-order valence-electron chi connectivity index (χ0n) is 14.9. The Labute approximate surface area is 171 Å². The Kier molecular flexibility index (Phi) is 6.29. The van der Waals surface area contributed by atoms with Gasteiger partial charge in [0.2, 0.25) is 0 Å². The van der Waals surface area contributed by atoms with Gasteiger partial charge in [-0.25, -0.2) is 9.78 Å². The molecule has 1 N–H and O–H groups in total. The number of nitrogens with one attached hydrogen (secondary N) is 1. The maximum Gasteiger partial charge on any atom is 0.331 e. The Morgan fingerprint density at radius 3 is 2.68 bits per heavy atom. The summed E-state index contributed by atoms with van der Waals surface area (Å²) < 4.78 is 5.12. The van der Waals surface area contributed by atoms with Gasteiger partial charge >= 0.3 is 5.97 Å². The lowest BCUT2D eigenvalue weighted by molar-refractivity contribution is -0.148. The highest BCUT2D eigenvalue weighted by Gasteiger charge is 2.17. The van der Waals surface area contributed by atoms with Gasteiger partial charge in [0, 0.05) is 16.5 Å². The van der Waals surface area contributed by atoms with E-state index in [-0.39, 0.29) is 0 Å². The van der Waals surface area contributed by atoms with Gasteiger partial charge < -0.3 is 10.1 Å². The lowest BCUT2D eigenvalue weighted by atomic mass is 10.2. The number of rotatable bonds is 5. The average molecular weight is 415 g/mol. The third-order valence-corrected chi connectivity index (χ3v) is 4.41. The van der Waals surface area contributed by atoms with Crippen molar-refractivity contribution in [3.05, 3.63) is 76.4 Å². The Morgan fingerprint density at radius 1 is 1.11 bits per heavy atom. The molecule has 0 fully saturated rings. The predicted octanol–water partition coefficient (Wildman–Crippen LogP) is 5.13. The molecule has 0 aliphatic rings. The van der Waals surface area contributed by atoms with Crippen LogP contribution in [-0.4, -0.2) is 23.0 Å². The predicted molar refractivity (Wildman–Crippen MR) is 111 cm³/mol. The number of halogens is 2. The van der Waals surface area contributed by atoms with Crippen LogP contribution in [0.5, 0.6) is 0 Å². The molecule has 1 heterocycles. The van der Waals surface area contributed by atoms with Crippen molar-refractivity contribution in [2.75, 3.05) is 5.32 Å². The van der Waals surface area contributed by atoms with Crippen LogP contribution in [0.2, 0.25) is 10.0 Å². The first-order valence-corrected chi connectivity index (χ1v) is 9.18. The number of esters is 1. The Bertz CT molecular complexity index is 1070. The highest BCUT2D eigenvalue weighted by molar-refractivity contribution is 6.36. The SMILES string of the molecule is CC(OC(=O)/C=C/c1ccc2ccccc2n1)C(=O)Nc1ccc(Cl)cc1Cl. The summed E-state index contributed by atoms with van der Waals surface area (Å²) in [6.07, 6.45) is 1.76. The molecule has 3 rings (SSSR count). The number of amides is 1. The van der Waals surface area contributed by atoms with Gasteiger partial charge in [-0.15, -0.1) is 0 Å². The number of anilines is 1. The van der Waals surface area contributed by atoms with Crippen LogP contribution in [0.1, 0.15) is 12.6 Å². The van der Waals surface area contributed by atoms with Crippen molar-refractivity contribution < 1.29 is 14.3 Å². The quantitative estimate of drug-likeness (QED) is 0.464. The van der Waals surface area contributed by atoms with E-state index in [1.807, 2.05) is 30.3 Å². The number of carbonyl (C=O) groups excluding carboxylic acids is 2. The van der Waals surface area contributed by atoms with Crippen LogP contribution >= 0.6 is 23.2 Å². The first-order valence-electron chi connectivity index (χ1n) is 8.43. The van der Waals surface area contributed by atoms with Gasteiger partial charge in [0.25, 0.3) is 5.91 Å². The van der Waals surface area contributed by atoms with Crippen LogP contribution in [0.3, 0.4) is 0 Å². The third-order valence-electron chi connectivity index (χ3n) is 3.86. The number of fused-ring (bicyclic) bond motifs is 1. The second kappa shape index (κ2) is 8.87. The summed E-state index contributed by atoms with van der Waals surface area (Å²) in [6.45, 7) is 1.47. The molecule has 1 amide bonds. The lowest BCUT2D eigenvalue weighted by Gasteiger charge is -2.13. The monoisotopic (exact) mass is 414 g/mol. The van der Waals surface area contributed by atoms with Gasteiger partial charge in [0.05, 0.1) is 21.9 Å². The van der Waals surface area contributed by atoms with Crippen LogP contribution < -0.4 is 5.32 Å². The molecular formula is C21H16Cl2N2O3. The van der Waals surface area contributed by atoms with E-state index in [0.717, 1.165) is 10.9 Å². The number of benzene rings is 2. The fourth-order valence-electron chi connectivity index (χ4n) is 2.42. The molecule has 0 aliphatic heterocycles.